The molecule has 1 aliphatic heterocycles. The fourth-order valence-electron chi connectivity index (χ4n) is 9.75. The van der Waals surface area contributed by atoms with E-state index in [0.29, 0.717) is 40.5 Å². The van der Waals surface area contributed by atoms with Gasteiger partial charge in [0, 0.05) is 27.5 Å². The summed E-state index contributed by atoms with van der Waals surface area (Å²) in [6.07, 6.45) is 0. The highest BCUT2D eigenvalue weighted by molar-refractivity contribution is 6.05. The molecule has 2 aliphatic rings. The third kappa shape index (κ3) is 5.63. The van der Waals surface area contributed by atoms with E-state index in [-0.39, 0.29) is 0 Å². The summed E-state index contributed by atoms with van der Waals surface area (Å²) in [6, 6.07) is 73.5. The molecule has 0 saturated carbocycles. The van der Waals surface area contributed by atoms with E-state index in [1.807, 2.05) is 84.9 Å². The zero-order chi connectivity index (χ0) is 42.2. The minimum Gasteiger partial charge on any atom is -0.456 e. The Balaban J connectivity index is 0.915. The predicted octanol–water partition coefficient (Wildman–Crippen LogP) is 14.7. The molecule has 0 saturated heterocycles. The topological polar surface area (TPSA) is 70.3 Å². The van der Waals surface area contributed by atoms with E-state index in [2.05, 4.69) is 127 Å². The van der Waals surface area contributed by atoms with Gasteiger partial charge in [-0.25, -0.2) is 15.0 Å². The number of furan rings is 1. The van der Waals surface area contributed by atoms with Gasteiger partial charge in [-0.1, -0.05) is 164 Å². The number of nitrogens with zero attached hydrogens (tertiary/aromatic N) is 3. The molecule has 64 heavy (non-hydrogen) atoms. The number of rotatable bonds is 6. The number of hydrogen-bond acceptors (Lipinski definition) is 6. The molecule has 6 heteroatoms. The highest BCUT2D eigenvalue weighted by Crippen LogP contribution is 2.58. The maximum Gasteiger partial charge on any atom is 0.170 e. The van der Waals surface area contributed by atoms with Gasteiger partial charge in [-0.15, -0.1) is 0 Å². The van der Waals surface area contributed by atoms with Crippen LogP contribution >= 0.6 is 0 Å². The van der Waals surface area contributed by atoms with Crippen molar-refractivity contribution in [2.24, 2.45) is 0 Å². The number of para-hydroxylation sites is 3. The van der Waals surface area contributed by atoms with Crippen LogP contribution in [0.4, 0.5) is 0 Å². The van der Waals surface area contributed by atoms with Gasteiger partial charge in [0.25, 0.3) is 0 Å². The predicted molar refractivity (Wildman–Crippen MR) is 253 cm³/mol. The van der Waals surface area contributed by atoms with E-state index in [1.54, 1.807) is 0 Å². The standard InChI is InChI=1S/C58H35N3O3/c1-2-13-37(14-3-1)55-59-56(61-57(60-55)40-27-31-46-45-19-6-9-22-49(45)62-53(46)34-40)39-16-12-15-38(33-39)36-25-28-41(29-26-36)58(47-20-7-4-17-43(47)44-18-5-8-21-48(44)58)42-30-32-52-54(35-42)64-51-24-11-10-23-50(51)63-52/h1-35H. The van der Waals surface area contributed by atoms with Gasteiger partial charge >= 0.3 is 0 Å². The number of hydrogen-bond donors (Lipinski definition) is 0. The van der Waals surface area contributed by atoms with E-state index in [4.69, 9.17) is 28.8 Å². The lowest BCUT2D eigenvalue weighted by Gasteiger charge is -2.34. The summed E-state index contributed by atoms with van der Waals surface area (Å²) in [5.74, 6) is 4.57. The first-order valence-corrected chi connectivity index (χ1v) is 21.4. The molecule has 1 aliphatic carbocycles. The maximum absolute atomic E-state index is 6.51. The number of ether oxygens (including phenoxy) is 2. The molecule has 0 unspecified atom stereocenters. The molecule has 3 heterocycles. The Morgan fingerprint density at radius 3 is 1.59 bits per heavy atom. The molecule has 9 aromatic carbocycles. The van der Waals surface area contributed by atoms with Crippen molar-refractivity contribution in [3.05, 3.63) is 235 Å². The fraction of sp³-hybridized carbons (Fsp3) is 0.0172. The van der Waals surface area contributed by atoms with Crippen molar-refractivity contribution >= 4 is 21.9 Å². The normalized spacial score (nSPS) is 13.1. The van der Waals surface area contributed by atoms with Crippen molar-refractivity contribution in [1.29, 1.82) is 0 Å². The minimum absolute atomic E-state index is 0.576. The first-order chi connectivity index (χ1) is 31.7. The van der Waals surface area contributed by atoms with Gasteiger partial charge < -0.3 is 13.9 Å². The van der Waals surface area contributed by atoms with Crippen molar-refractivity contribution in [2.45, 2.75) is 5.41 Å². The highest BCUT2D eigenvalue weighted by Gasteiger charge is 2.46. The van der Waals surface area contributed by atoms with Gasteiger partial charge in [0.1, 0.15) is 11.2 Å². The zero-order valence-corrected chi connectivity index (χ0v) is 34.3. The van der Waals surface area contributed by atoms with Crippen molar-refractivity contribution in [1.82, 2.24) is 15.0 Å². The zero-order valence-electron chi connectivity index (χ0n) is 34.3. The Hall–Kier alpha value is -8.61. The molecule has 0 fully saturated rings. The molecule has 13 rings (SSSR count). The van der Waals surface area contributed by atoms with Gasteiger partial charge in [0.15, 0.2) is 40.5 Å². The molecule has 0 amide bonds. The average molecular weight is 822 g/mol. The summed E-state index contributed by atoms with van der Waals surface area (Å²) >= 11 is 0. The largest absolute Gasteiger partial charge is 0.456 e. The van der Waals surface area contributed by atoms with Crippen LogP contribution < -0.4 is 9.47 Å². The van der Waals surface area contributed by atoms with Crippen LogP contribution in [-0.2, 0) is 5.41 Å². The molecule has 0 spiro atoms. The molecule has 0 atom stereocenters. The second-order valence-corrected chi connectivity index (χ2v) is 16.3. The van der Waals surface area contributed by atoms with Crippen LogP contribution in [0, 0.1) is 0 Å². The third-order valence-corrected chi connectivity index (χ3v) is 12.7. The highest BCUT2D eigenvalue weighted by atomic mass is 16.6. The molecule has 6 nitrogen and oxygen atoms in total. The summed E-state index contributed by atoms with van der Waals surface area (Å²) < 4.78 is 19.1. The summed E-state index contributed by atoms with van der Waals surface area (Å²) in [5.41, 5.74) is 12.9. The molecular weight excluding hydrogens is 787 g/mol. The first kappa shape index (κ1) is 36.1. The molecule has 0 bridgehead atoms. The van der Waals surface area contributed by atoms with Gasteiger partial charge in [0.05, 0.1) is 5.41 Å². The van der Waals surface area contributed by atoms with E-state index in [0.717, 1.165) is 60.9 Å². The number of aromatic nitrogens is 3. The van der Waals surface area contributed by atoms with E-state index in [9.17, 15) is 0 Å². The molecule has 2 aromatic heterocycles. The SMILES string of the molecule is c1ccc(-c2nc(-c3cccc(-c4ccc(C5(c6ccc7c(c6)Oc6ccccc6O7)c6ccccc6-c6ccccc65)cc4)c3)nc(-c3ccc4c(c3)oc3ccccc34)n2)cc1. The molecule has 0 radical (unpaired) electrons. The van der Waals surface area contributed by atoms with Gasteiger partial charge in [-0.3, -0.25) is 0 Å². The Morgan fingerprint density at radius 1 is 0.312 bits per heavy atom. The fourth-order valence-corrected chi connectivity index (χ4v) is 9.75. The summed E-state index contributed by atoms with van der Waals surface area (Å²) in [5, 5.41) is 2.14. The van der Waals surface area contributed by atoms with Gasteiger partial charge in [0.2, 0.25) is 0 Å². The van der Waals surface area contributed by atoms with Crippen molar-refractivity contribution in [3.63, 3.8) is 0 Å². The molecule has 0 N–H and O–H groups in total. The van der Waals surface area contributed by atoms with Crippen LogP contribution in [0.25, 0.3) is 78.4 Å². The smallest absolute Gasteiger partial charge is 0.170 e. The van der Waals surface area contributed by atoms with Crippen LogP contribution in [0.2, 0.25) is 0 Å². The van der Waals surface area contributed by atoms with Crippen molar-refractivity contribution < 1.29 is 13.9 Å². The maximum atomic E-state index is 6.51. The minimum atomic E-state index is -0.622. The van der Waals surface area contributed by atoms with Crippen LogP contribution in [0.3, 0.4) is 0 Å². The summed E-state index contributed by atoms with van der Waals surface area (Å²) in [6.45, 7) is 0. The van der Waals surface area contributed by atoms with Crippen LogP contribution in [0.15, 0.2) is 217 Å². The summed E-state index contributed by atoms with van der Waals surface area (Å²) in [4.78, 5) is 15.2. The summed E-state index contributed by atoms with van der Waals surface area (Å²) in [7, 11) is 0. The Labute approximate surface area is 368 Å². The Morgan fingerprint density at radius 2 is 0.844 bits per heavy atom. The monoisotopic (exact) mass is 821 g/mol. The molecule has 11 aromatic rings. The van der Waals surface area contributed by atoms with Crippen LogP contribution in [-0.4, -0.2) is 15.0 Å². The molecular formula is C58H35N3O3. The number of benzene rings is 9. The lowest BCUT2D eigenvalue weighted by molar-refractivity contribution is 0.359. The lowest BCUT2D eigenvalue weighted by atomic mass is 9.67. The van der Waals surface area contributed by atoms with Crippen LogP contribution in [0.5, 0.6) is 23.0 Å². The second-order valence-electron chi connectivity index (χ2n) is 16.3. The van der Waals surface area contributed by atoms with E-state index >= 15 is 0 Å². The first-order valence-electron chi connectivity index (χ1n) is 21.4. The van der Waals surface area contributed by atoms with E-state index < -0.39 is 5.41 Å². The Bertz CT molecular complexity index is 3590. The van der Waals surface area contributed by atoms with Crippen molar-refractivity contribution in [3.8, 4) is 79.4 Å². The third-order valence-electron chi connectivity index (χ3n) is 12.7. The second kappa shape index (κ2) is 14.2. The van der Waals surface area contributed by atoms with E-state index in [1.165, 1.54) is 22.3 Å². The number of fused-ring (bicyclic) bond motifs is 8. The quantitative estimate of drug-likeness (QED) is 0.166. The van der Waals surface area contributed by atoms with Gasteiger partial charge in [-0.05, 0) is 93.0 Å². The Kier molecular flexibility index (Phi) is 8.02. The van der Waals surface area contributed by atoms with Gasteiger partial charge in [-0.2, -0.15) is 0 Å². The van der Waals surface area contributed by atoms with Crippen molar-refractivity contribution in [2.75, 3.05) is 0 Å². The molecule has 300 valence electrons. The lowest BCUT2D eigenvalue weighted by Crippen LogP contribution is -2.28. The average Bonchev–Trinajstić information content (AvgIpc) is 3.89. The van der Waals surface area contributed by atoms with Crippen LogP contribution in [0.1, 0.15) is 22.3 Å².